The molecule has 148 valence electrons. The van der Waals surface area contributed by atoms with E-state index in [4.69, 9.17) is 4.74 Å². The molecule has 1 fully saturated rings. The second-order valence-corrected chi connectivity index (χ2v) is 8.35. The maximum Gasteiger partial charge on any atom is 0.534 e. The van der Waals surface area contributed by atoms with Crippen LogP contribution in [-0.2, 0) is 20.5 Å². The molecule has 0 radical (unpaired) electrons. The molecule has 0 spiro atoms. The van der Waals surface area contributed by atoms with Crippen LogP contribution in [0.4, 0.5) is 13.2 Å². The van der Waals surface area contributed by atoms with Crippen LogP contribution in [0.1, 0.15) is 31.2 Å². The van der Waals surface area contributed by atoms with Gasteiger partial charge in [0.1, 0.15) is 5.75 Å². The van der Waals surface area contributed by atoms with E-state index in [-0.39, 0.29) is 11.7 Å². The SMILES string of the molecule is CO[C@]1(c2cccc(OS(=O)(=O)C(F)(F)F)c2)CCCC[C@@H]1CN(C)C. The van der Waals surface area contributed by atoms with E-state index in [0.29, 0.717) is 12.0 Å². The van der Waals surface area contributed by atoms with Gasteiger partial charge in [0.05, 0.1) is 5.60 Å². The molecule has 9 heteroatoms. The minimum Gasteiger partial charge on any atom is -0.376 e. The summed E-state index contributed by atoms with van der Waals surface area (Å²) in [6.45, 7) is 0.750. The smallest absolute Gasteiger partial charge is 0.376 e. The standard InChI is InChI=1S/C17H24F3NO4S/c1-21(2)12-14-7-4-5-10-16(14,24-3)13-8-6-9-15(11-13)25-26(22,23)17(18,19)20/h6,8-9,11,14H,4-5,7,10,12H2,1-3H3/t14-,16+/m1/s1. The molecule has 2 atom stereocenters. The summed E-state index contributed by atoms with van der Waals surface area (Å²) in [5, 5.41) is 0. The fourth-order valence-corrected chi connectivity index (χ4v) is 4.10. The fourth-order valence-electron chi connectivity index (χ4n) is 3.65. The number of halogens is 3. The predicted octanol–water partition coefficient (Wildman–Crippen LogP) is 3.51. The maximum absolute atomic E-state index is 12.6. The van der Waals surface area contributed by atoms with Crippen LogP contribution in [0.5, 0.6) is 5.75 Å². The first-order valence-corrected chi connectivity index (χ1v) is 9.74. The summed E-state index contributed by atoms with van der Waals surface area (Å²) in [7, 11) is -0.231. The quantitative estimate of drug-likeness (QED) is 0.545. The number of nitrogens with zero attached hydrogens (tertiary/aromatic N) is 1. The highest BCUT2D eigenvalue weighted by Crippen LogP contribution is 2.45. The molecule has 0 N–H and O–H groups in total. The van der Waals surface area contributed by atoms with E-state index in [1.807, 2.05) is 19.0 Å². The van der Waals surface area contributed by atoms with Gasteiger partial charge in [-0.3, -0.25) is 0 Å². The number of methoxy groups -OCH3 is 1. The molecule has 1 saturated carbocycles. The van der Waals surface area contributed by atoms with Crippen molar-refractivity contribution in [3.8, 4) is 5.75 Å². The van der Waals surface area contributed by atoms with Crippen LogP contribution < -0.4 is 4.18 Å². The van der Waals surface area contributed by atoms with E-state index in [1.165, 1.54) is 18.2 Å². The monoisotopic (exact) mass is 395 g/mol. The average Bonchev–Trinajstić information content (AvgIpc) is 2.54. The number of hydrogen-bond acceptors (Lipinski definition) is 5. The van der Waals surface area contributed by atoms with E-state index in [2.05, 4.69) is 4.18 Å². The Labute approximate surface area is 152 Å². The molecule has 1 aliphatic carbocycles. The van der Waals surface area contributed by atoms with E-state index in [0.717, 1.165) is 25.8 Å². The van der Waals surface area contributed by atoms with Crippen molar-refractivity contribution in [2.45, 2.75) is 36.8 Å². The van der Waals surface area contributed by atoms with Gasteiger partial charge >= 0.3 is 15.6 Å². The lowest BCUT2D eigenvalue weighted by atomic mass is 9.71. The molecular formula is C17H24F3NO4S. The molecular weight excluding hydrogens is 371 g/mol. The third-order valence-corrected chi connectivity index (χ3v) is 5.75. The number of alkyl halides is 3. The van der Waals surface area contributed by atoms with Gasteiger partial charge in [-0.05, 0) is 44.6 Å². The summed E-state index contributed by atoms with van der Waals surface area (Å²) in [5.74, 6) is -0.240. The zero-order valence-corrected chi connectivity index (χ0v) is 15.9. The highest BCUT2D eigenvalue weighted by Gasteiger charge is 2.49. The minimum atomic E-state index is -5.71. The molecule has 0 aliphatic heterocycles. The summed E-state index contributed by atoms with van der Waals surface area (Å²) in [4.78, 5) is 2.04. The highest BCUT2D eigenvalue weighted by atomic mass is 32.2. The van der Waals surface area contributed by atoms with Crippen LogP contribution in [0.2, 0.25) is 0 Å². The molecule has 0 aromatic heterocycles. The Hall–Kier alpha value is -1.32. The molecule has 1 aromatic rings. The van der Waals surface area contributed by atoms with Gasteiger partial charge in [0, 0.05) is 19.6 Å². The van der Waals surface area contributed by atoms with Gasteiger partial charge in [0.15, 0.2) is 0 Å². The van der Waals surface area contributed by atoms with Crippen molar-refractivity contribution in [2.75, 3.05) is 27.7 Å². The van der Waals surface area contributed by atoms with Crippen molar-refractivity contribution in [3.63, 3.8) is 0 Å². The third kappa shape index (κ3) is 4.32. The Morgan fingerprint density at radius 3 is 2.54 bits per heavy atom. The molecule has 0 saturated heterocycles. The van der Waals surface area contributed by atoms with Gasteiger partial charge in [-0.1, -0.05) is 25.0 Å². The molecule has 1 aromatic carbocycles. The Bertz CT molecular complexity index is 721. The predicted molar refractivity (Wildman–Crippen MR) is 91.2 cm³/mol. The van der Waals surface area contributed by atoms with Crippen LogP contribution in [0.3, 0.4) is 0 Å². The van der Waals surface area contributed by atoms with Crippen LogP contribution in [0.25, 0.3) is 0 Å². The van der Waals surface area contributed by atoms with Gasteiger partial charge in [-0.15, -0.1) is 0 Å². The van der Waals surface area contributed by atoms with E-state index in [9.17, 15) is 21.6 Å². The molecule has 0 bridgehead atoms. The first kappa shape index (κ1) is 21.0. The first-order valence-electron chi connectivity index (χ1n) is 8.33. The van der Waals surface area contributed by atoms with Gasteiger partial charge in [-0.25, -0.2) is 0 Å². The normalized spacial score (nSPS) is 24.7. The van der Waals surface area contributed by atoms with Crippen LogP contribution in [0, 0.1) is 5.92 Å². The maximum atomic E-state index is 12.6. The fraction of sp³-hybridized carbons (Fsp3) is 0.647. The Morgan fingerprint density at radius 2 is 1.96 bits per heavy atom. The van der Waals surface area contributed by atoms with Gasteiger partial charge in [0.25, 0.3) is 0 Å². The van der Waals surface area contributed by atoms with Crippen molar-refractivity contribution >= 4 is 10.1 Å². The van der Waals surface area contributed by atoms with Crippen molar-refractivity contribution in [1.29, 1.82) is 0 Å². The minimum absolute atomic E-state index is 0.130. The molecule has 2 rings (SSSR count). The second kappa shape index (κ2) is 7.74. The highest BCUT2D eigenvalue weighted by molar-refractivity contribution is 7.88. The first-order chi connectivity index (χ1) is 12.0. The summed E-state index contributed by atoms with van der Waals surface area (Å²) < 4.78 is 70.5. The van der Waals surface area contributed by atoms with Gasteiger partial charge in [-0.2, -0.15) is 21.6 Å². The molecule has 26 heavy (non-hydrogen) atoms. The number of hydrogen-bond donors (Lipinski definition) is 0. The number of benzene rings is 1. The van der Waals surface area contributed by atoms with Crippen LogP contribution in [0.15, 0.2) is 24.3 Å². The topological polar surface area (TPSA) is 55.8 Å². The zero-order chi connectivity index (χ0) is 19.6. The second-order valence-electron chi connectivity index (χ2n) is 6.81. The number of rotatable bonds is 6. The summed E-state index contributed by atoms with van der Waals surface area (Å²) >= 11 is 0. The number of ether oxygens (including phenoxy) is 1. The zero-order valence-electron chi connectivity index (χ0n) is 15.0. The van der Waals surface area contributed by atoms with E-state index >= 15 is 0 Å². The van der Waals surface area contributed by atoms with Crippen LogP contribution in [-0.4, -0.2) is 46.6 Å². The Morgan fingerprint density at radius 1 is 1.27 bits per heavy atom. The van der Waals surface area contributed by atoms with Crippen LogP contribution >= 0.6 is 0 Å². The lowest BCUT2D eigenvalue weighted by Gasteiger charge is -2.44. The molecule has 0 unspecified atom stereocenters. The lowest BCUT2D eigenvalue weighted by molar-refractivity contribution is -0.0952. The Kier molecular flexibility index (Phi) is 6.24. The van der Waals surface area contributed by atoms with Crippen molar-refractivity contribution in [3.05, 3.63) is 29.8 Å². The van der Waals surface area contributed by atoms with Gasteiger partial charge < -0.3 is 13.8 Å². The van der Waals surface area contributed by atoms with Gasteiger partial charge in [0.2, 0.25) is 0 Å². The summed E-state index contributed by atoms with van der Waals surface area (Å²) in [5.41, 5.74) is -5.54. The molecule has 0 amide bonds. The summed E-state index contributed by atoms with van der Waals surface area (Å²) in [6, 6.07) is 5.75. The van der Waals surface area contributed by atoms with Crippen molar-refractivity contribution in [1.82, 2.24) is 4.90 Å². The van der Waals surface area contributed by atoms with E-state index < -0.39 is 21.2 Å². The molecule has 1 aliphatic rings. The largest absolute Gasteiger partial charge is 0.534 e. The summed E-state index contributed by atoms with van der Waals surface area (Å²) in [6.07, 6.45) is 3.58. The van der Waals surface area contributed by atoms with Crippen molar-refractivity contribution in [2.24, 2.45) is 5.92 Å². The lowest BCUT2D eigenvalue weighted by Crippen LogP contribution is -2.44. The van der Waals surface area contributed by atoms with Crippen molar-refractivity contribution < 1.29 is 30.5 Å². The molecule has 5 nitrogen and oxygen atoms in total. The Balaban J connectivity index is 2.39. The average molecular weight is 395 g/mol. The van der Waals surface area contributed by atoms with E-state index in [1.54, 1.807) is 13.2 Å². The third-order valence-electron chi connectivity index (χ3n) is 4.77. The molecule has 0 heterocycles.